The molecule has 1 aromatic heterocycles. The molecule has 1 saturated carbocycles. The molecule has 1 aliphatic carbocycles. The number of anilines is 1. The average molecular weight is 456 g/mol. The third kappa shape index (κ3) is 3.74. The second-order valence-electron chi connectivity index (χ2n) is 7.44. The predicted octanol–water partition coefficient (Wildman–Crippen LogP) is 5.34. The minimum atomic E-state index is -0.860. The summed E-state index contributed by atoms with van der Waals surface area (Å²) in [7, 11) is 0. The maximum absolute atomic E-state index is 12.9. The molecule has 0 spiro atoms. The van der Waals surface area contributed by atoms with Crippen molar-refractivity contribution in [2.75, 3.05) is 5.32 Å². The molecule has 0 bridgehead atoms. The maximum atomic E-state index is 12.9. The van der Waals surface area contributed by atoms with Crippen molar-refractivity contribution in [2.24, 2.45) is 5.73 Å². The number of rotatable bonds is 3. The highest BCUT2D eigenvalue weighted by atomic mass is 79.9. The molecule has 1 aliphatic rings. The number of halogens is 1. The molecule has 1 heterocycles. The van der Waals surface area contributed by atoms with Crippen LogP contribution in [0.2, 0.25) is 0 Å². The Morgan fingerprint density at radius 1 is 1.07 bits per heavy atom. The summed E-state index contributed by atoms with van der Waals surface area (Å²) < 4.78 is 1.64. The number of amides is 2. The lowest BCUT2D eigenvalue weighted by Gasteiger charge is -2.22. The van der Waals surface area contributed by atoms with Gasteiger partial charge in [-0.2, -0.15) is 0 Å². The van der Waals surface area contributed by atoms with Crippen molar-refractivity contribution in [3.05, 3.63) is 58.1 Å². The van der Waals surface area contributed by atoms with Crippen molar-refractivity contribution in [1.82, 2.24) is 4.57 Å². The summed E-state index contributed by atoms with van der Waals surface area (Å²) in [6.07, 6.45) is 6.26. The van der Waals surface area contributed by atoms with Crippen LogP contribution in [0.4, 0.5) is 10.5 Å². The number of fused-ring (bicyclic) bond motifs is 1. The zero-order valence-electron chi connectivity index (χ0n) is 15.8. The second kappa shape index (κ2) is 7.91. The highest BCUT2D eigenvalue weighted by molar-refractivity contribution is 9.10. The van der Waals surface area contributed by atoms with Gasteiger partial charge >= 0.3 is 6.03 Å². The van der Waals surface area contributed by atoms with Gasteiger partial charge in [-0.1, -0.05) is 53.4 Å². The minimum Gasteiger partial charge on any atom is -0.494 e. The van der Waals surface area contributed by atoms with Crippen LogP contribution in [0.5, 0.6) is 5.88 Å². The fraction of sp³-hybridized carbons (Fsp3) is 0.273. The van der Waals surface area contributed by atoms with E-state index in [9.17, 15) is 14.7 Å². The van der Waals surface area contributed by atoms with Gasteiger partial charge in [0, 0.05) is 15.5 Å². The Morgan fingerprint density at radius 3 is 2.41 bits per heavy atom. The van der Waals surface area contributed by atoms with E-state index in [1.807, 2.05) is 12.1 Å². The monoisotopic (exact) mass is 455 g/mol. The van der Waals surface area contributed by atoms with Gasteiger partial charge in [0.05, 0.1) is 5.52 Å². The van der Waals surface area contributed by atoms with E-state index in [0.717, 1.165) is 4.57 Å². The number of carbonyl (C=O) groups is 2. The molecule has 29 heavy (non-hydrogen) atoms. The lowest BCUT2D eigenvalue weighted by molar-refractivity contribution is 0.102. The lowest BCUT2D eigenvalue weighted by Crippen LogP contribution is -2.19. The smallest absolute Gasteiger partial charge is 0.326 e. The SMILES string of the molecule is NC(=O)n1c(O)c(C(=O)Nc2ccc(C3CCCCC3)cc2)c2ccc(Br)cc21. The first-order valence-electron chi connectivity index (χ1n) is 9.69. The van der Waals surface area contributed by atoms with Crippen molar-refractivity contribution in [3.63, 3.8) is 0 Å². The largest absolute Gasteiger partial charge is 0.494 e. The van der Waals surface area contributed by atoms with E-state index in [2.05, 4.69) is 33.4 Å². The van der Waals surface area contributed by atoms with Crippen LogP contribution in [-0.2, 0) is 0 Å². The van der Waals surface area contributed by atoms with Gasteiger partial charge in [0.1, 0.15) is 5.56 Å². The molecular weight excluding hydrogens is 434 g/mol. The van der Waals surface area contributed by atoms with Gasteiger partial charge in [-0.15, -0.1) is 0 Å². The van der Waals surface area contributed by atoms with Crippen LogP contribution in [0, 0.1) is 0 Å². The summed E-state index contributed by atoms with van der Waals surface area (Å²) >= 11 is 3.33. The van der Waals surface area contributed by atoms with Crippen molar-refractivity contribution >= 4 is 44.5 Å². The number of hydrogen-bond acceptors (Lipinski definition) is 3. The van der Waals surface area contributed by atoms with E-state index < -0.39 is 17.8 Å². The third-order valence-electron chi connectivity index (χ3n) is 5.60. The normalized spacial score (nSPS) is 14.8. The Labute approximate surface area is 176 Å². The lowest BCUT2D eigenvalue weighted by atomic mass is 9.84. The summed E-state index contributed by atoms with van der Waals surface area (Å²) in [5.41, 5.74) is 7.70. The highest BCUT2D eigenvalue weighted by Gasteiger charge is 2.25. The standard InChI is InChI=1S/C22H22BrN3O3/c23-15-8-11-17-18(12-15)26(22(24)29)21(28)19(17)20(27)25-16-9-6-14(7-10-16)13-4-2-1-3-5-13/h6-13,28H,1-5H2,(H2,24,29)(H,25,27). The third-order valence-corrected chi connectivity index (χ3v) is 6.09. The van der Waals surface area contributed by atoms with Gasteiger partial charge in [0.25, 0.3) is 5.91 Å². The molecule has 2 amide bonds. The Bertz CT molecular complexity index is 1080. The molecule has 6 nitrogen and oxygen atoms in total. The molecule has 150 valence electrons. The van der Waals surface area contributed by atoms with Gasteiger partial charge in [0.2, 0.25) is 5.88 Å². The fourth-order valence-electron chi connectivity index (χ4n) is 4.16. The van der Waals surface area contributed by atoms with Crippen molar-refractivity contribution < 1.29 is 14.7 Å². The Balaban J connectivity index is 1.62. The van der Waals surface area contributed by atoms with Gasteiger partial charge in [-0.25, -0.2) is 9.36 Å². The van der Waals surface area contributed by atoms with Crippen LogP contribution in [0.3, 0.4) is 0 Å². The van der Waals surface area contributed by atoms with Crippen LogP contribution in [0.1, 0.15) is 53.9 Å². The first-order chi connectivity index (χ1) is 14.0. The Kier molecular flexibility index (Phi) is 5.32. The molecule has 1 fully saturated rings. The number of primary amides is 1. The molecule has 3 aromatic rings. The van der Waals surface area contributed by atoms with Crippen molar-refractivity contribution in [1.29, 1.82) is 0 Å². The molecule has 0 radical (unpaired) electrons. The number of nitrogens with one attached hydrogen (secondary N) is 1. The van der Waals surface area contributed by atoms with E-state index in [-0.39, 0.29) is 5.56 Å². The number of aromatic nitrogens is 1. The van der Waals surface area contributed by atoms with E-state index in [1.165, 1.54) is 37.7 Å². The van der Waals surface area contributed by atoms with E-state index in [1.54, 1.807) is 18.2 Å². The Morgan fingerprint density at radius 2 is 1.76 bits per heavy atom. The van der Waals surface area contributed by atoms with Gasteiger partial charge in [0.15, 0.2) is 0 Å². The molecule has 0 saturated heterocycles. The predicted molar refractivity (Wildman–Crippen MR) is 117 cm³/mol. The maximum Gasteiger partial charge on any atom is 0.326 e. The molecule has 4 rings (SSSR count). The number of carbonyl (C=O) groups excluding carboxylic acids is 2. The summed E-state index contributed by atoms with van der Waals surface area (Å²) in [5, 5.41) is 13.8. The summed E-state index contributed by atoms with van der Waals surface area (Å²) in [6.45, 7) is 0. The number of nitrogens with zero attached hydrogens (tertiary/aromatic N) is 1. The van der Waals surface area contributed by atoms with E-state index in [0.29, 0.717) is 27.0 Å². The van der Waals surface area contributed by atoms with Crippen LogP contribution in [0.15, 0.2) is 46.9 Å². The molecular formula is C22H22BrN3O3. The summed E-state index contributed by atoms with van der Waals surface area (Å²) in [4.78, 5) is 24.7. The quantitative estimate of drug-likeness (QED) is 0.497. The highest BCUT2D eigenvalue weighted by Crippen LogP contribution is 2.35. The van der Waals surface area contributed by atoms with Crippen molar-refractivity contribution in [2.45, 2.75) is 38.0 Å². The van der Waals surface area contributed by atoms with Crippen LogP contribution < -0.4 is 11.1 Å². The van der Waals surface area contributed by atoms with Crippen molar-refractivity contribution in [3.8, 4) is 5.88 Å². The van der Waals surface area contributed by atoms with Gasteiger partial charge < -0.3 is 16.2 Å². The molecule has 0 atom stereocenters. The van der Waals surface area contributed by atoms with Crippen LogP contribution in [-0.4, -0.2) is 21.6 Å². The zero-order chi connectivity index (χ0) is 20.5. The first-order valence-corrected chi connectivity index (χ1v) is 10.5. The van der Waals surface area contributed by atoms with Gasteiger partial charge in [-0.3, -0.25) is 4.79 Å². The van der Waals surface area contributed by atoms with Crippen LogP contribution in [0.25, 0.3) is 10.9 Å². The number of benzene rings is 2. The van der Waals surface area contributed by atoms with Crippen LogP contribution >= 0.6 is 15.9 Å². The molecule has 7 heteroatoms. The summed E-state index contributed by atoms with van der Waals surface area (Å²) in [5.74, 6) is -0.383. The fourth-order valence-corrected chi connectivity index (χ4v) is 4.51. The van der Waals surface area contributed by atoms with Gasteiger partial charge in [-0.05, 0) is 48.6 Å². The second-order valence-corrected chi connectivity index (χ2v) is 8.36. The molecule has 0 aliphatic heterocycles. The van der Waals surface area contributed by atoms with E-state index >= 15 is 0 Å². The average Bonchev–Trinajstić information content (AvgIpc) is 3.00. The molecule has 0 unspecified atom stereocenters. The summed E-state index contributed by atoms with van der Waals surface area (Å²) in [6, 6.07) is 12.0. The molecule has 4 N–H and O–H groups in total. The first kappa shape index (κ1) is 19.5. The topological polar surface area (TPSA) is 97.3 Å². The van der Waals surface area contributed by atoms with E-state index in [4.69, 9.17) is 5.73 Å². The zero-order valence-corrected chi connectivity index (χ0v) is 17.4. The number of aromatic hydroxyl groups is 1. The minimum absolute atomic E-state index is 0.0163. The Hall–Kier alpha value is -2.80. The number of nitrogens with two attached hydrogens (primary N) is 1. The number of hydrogen-bond donors (Lipinski definition) is 3. The molecule has 2 aromatic carbocycles.